The molecule has 7 nitrogen and oxygen atoms in total. The number of benzene rings is 2. The second kappa shape index (κ2) is 10.6. The summed E-state index contributed by atoms with van der Waals surface area (Å²) in [5, 5.41) is 6.64. The van der Waals surface area contributed by atoms with Gasteiger partial charge in [-0.1, -0.05) is 12.1 Å². The van der Waals surface area contributed by atoms with Gasteiger partial charge < -0.3 is 29.7 Å². The molecule has 0 unspecified atom stereocenters. The van der Waals surface area contributed by atoms with Crippen molar-refractivity contribution in [2.75, 3.05) is 57.3 Å². The molecule has 0 radical (unpaired) electrons. The van der Waals surface area contributed by atoms with Crippen molar-refractivity contribution in [3.63, 3.8) is 0 Å². The minimum atomic E-state index is 0.577. The Hall–Kier alpha value is -2.93. The van der Waals surface area contributed by atoms with Gasteiger partial charge in [-0.3, -0.25) is 4.99 Å². The molecule has 2 aromatic rings. The monoisotopic (exact) mass is 398 g/mol. The Bertz CT molecular complexity index is 802. The molecule has 0 aromatic heterocycles. The first kappa shape index (κ1) is 20.8. The highest BCUT2D eigenvalue weighted by molar-refractivity contribution is 5.93. The van der Waals surface area contributed by atoms with Gasteiger partial charge in [0.05, 0.1) is 26.9 Å². The summed E-state index contributed by atoms with van der Waals surface area (Å²) in [6.07, 6.45) is 0. The molecule has 0 saturated carbocycles. The minimum Gasteiger partial charge on any atom is -0.493 e. The first-order chi connectivity index (χ1) is 14.2. The fourth-order valence-electron chi connectivity index (χ4n) is 3.17. The lowest BCUT2D eigenvalue weighted by Gasteiger charge is -2.28. The van der Waals surface area contributed by atoms with E-state index in [1.807, 2.05) is 25.1 Å². The predicted octanol–water partition coefficient (Wildman–Crippen LogP) is 3.12. The number of anilines is 2. The molecular weight excluding hydrogens is 368 g/mol. The SMILES string of the molecule is CCOc1cc(NC(=NC)NCc2ccc(N3CCOCC3)cc2)ccc1OC. The Morgan fingerprint density at radius 2 is 1.86 bits per heavy atom. The van der Waals surface area contributed by atoms with Gasteiger partial charge in [-0.15, -0.1) is 0 Å². The molecule has 1 aliphatic heterocycles. The Morgan fingerprint density at radius 1 is 1.10 bits per heavy atom. The van der Waals surface area contributed by atoms with E-state index in [4.69, 9.17) is 14.2 Å². The molecule has 7 heteroatoms. The van der Waals surface area contributed by atoms with Crippen molar-refractivity contribution < 1.29 is 14.2 Å². The first-order valence-corrected chi connectivity index (χ1v) is 9.93. The van der Waals surface area contributed by atoms with Gasteiger partial charge in [-0.25, -0.2) is 0 Å². The van der Waals surface area contributed by atoms with E-state index in [2.05, 4.69) is 44.8 Å². The molecular formula is C22H30N4O3. The van der Waals surface area contributed by atoms with Gasteiger partial charge in [0.1, 0.15) is 0 Å². The Balaban J connectivity index is 1.57. The Morgan fingerprint density at radius 3 is 2.52 bits per heavy atom. The standard InChI is InChI=1S/C22H30N4O3/c1-4-29-21-15-18(7-10-20(21)27-3)25-22(23-2)24-16-17-5-8-19(9-6-17)26-11-13-28-14-12-26/h5-10,15H,4,11-14,16H2,1-3H3,(H2,23,24,25). The molecule has 0 aliphatic carbocycles. The summed E-state index contributed by atoms with van der Waals surface area (Å²) in [5.41, 5.74) is 3.31. The molecule has 1 saturated heterocycles. The topological polar surface area (TPSA) is 67.4 Å². The van der Waals surface area contributed by atoms with E-state index in [-0.39, 0.29) is 0 Å². The lowest BCUT2D eigenvalue weighted by molar-refractivity contribution is 0.122. The van der Waals surface area contributed by atoms with Crippen molar-refractivity contribution in [1.29, 1.82) is 0 Å². The van der Waals surface area contributed by atoms with E-state index < -0.39 is 0 Å². The maximum atomic E-state index is 5.64. The highest BCUT2D eigenvalue weighted by atomic mass is 16.5. The quantitative estimate of drug-likeness (QED) is 0.552. The van der Waals surface area contributed by atoms with Gasteiger partial charge in [-0.05, 0) is 36.8 Å². The number of ether oxygens (including phenoxy) is 3. The zero-order valence-corrected chi connectivity index (χ0v) is 17.4. The van der Waals surface area contributed by atoms with E-state index in [0.29, 0.717) is 30.6 Å². The Kier molecular flexibility index (Phi) is 7.58. The molecule has 3 rings (SSSR count). The molecule has 0 spiro atoms. The van der Waals surface area contributed by atoms with Gasteiger partial charge in [0.2, 0.25) is 0 Å². The number of morpholine rings is 1. The smallest absolute Gasteiger partial charge is 0.195 e. The number of nitrogens with one attached hydrogen (secondary N) is 2. The van der Waals surface area contributed by atoms with E-state index in [9.17, 15) is 0 Å². The van der Waals surface area contributed by atoms with Crippen LogP contribution in [0.2, 0.25) is 0 Å². The summed E-state index contributed by atoms with van der Waals surface area (Å²) in [6, 6.07) is 14.3. The van der Waals surface area contributed by atoms with Crippen molar-refractivity contribution in [1.82, 2.24) is 5.32 Å². The number of rotatable bonds is 7. The maximum Gasteiger partial charge on any atom is 0.195 e. The van der Waals surface area contributed by atoms with Crippen molar-refractivity contribution in [2.24, 2.45) is 4.99 Å². The van der Waals surface area contributed by atoms with Crippen molar-refractivity contribution in [3.05, 3.63) is 48.0 Å². The summed E-state index contributed by atoms with van der Waals surface area (Å²) in [6.45, 7) is 6.68. The highest BCUT2D eigenvalue weighted by Crippen LogP contribution is 2.30. The van der Waals surface area contributed by atoms with Gasteiger partial charge in [-0.2, -0.15) is 0 Å². The van der Waals surface area contributed by atoms with Crippen LogP contribution in [0.4, 0.5) is 11.4 Å². The molecule has 1 heterocycles. The number of hydrogen-bond donors (Lipinski definition) is 2. The van der Waals surface area contributed by atoms with Gasteiger partial charge >= 0.3 is 0 Å². The number of hydrogen-bond acceptors (Lipinski definition) is 5. The summed E-state index contributed by atoms with van der Waals surface area (Å²) in [4.78, 5) is 6.66. The van der Waals surface area contributed by atoms with Crippen molar-refractivity contribution in [3.8, 4) is 11.5 Å². The van der Waals surface area contributed by atoms with E-state index in [0.717, 1.165) is 32.0 Å². The van der Waals surface area contributed by atoms with Crippen LogP contribution < -0.4 is 25.0 Å². The lowest BCUT2D eigenvalue weighted by atomic mass is 10.2. The molecule has 0 bridgehead atoms. The molecule has 29 heavy (non-hydrogen) atoms. The van der Waals surface area contributed by atoms with Crippen LogP contribution in [-0.4, -0.2) is 53.0 Å². The van der Waals surface area contributed by atoms with E-state index >= 15 is 0 Å². The van der Waals surface area contributed by atoms with Crippen LogP contribution in [0.1, 0.15) is 12.5 Å². The van der Waals surface area contributed by atoms with Crippen LogP contribution in [0.25, 0.3) is 0 Å². The molecule has 0 atom stereocenters. The zero-order chi connectivity index (χ0) is 20.5. The van der Waals surface area contributed by atoms with E-state index in [1.54, 1.807) is 14.2 Å². The van der Waals surface area contributed by atoms with Crippen LogP contribution >= 0.6 is 0 Å². The van der Waals surface area contributed by atoms with E-state index in [1.165, 1.54) is 11.3 Å². The number of guanidine groups is 1. The third-order valence-electron chi connectivity index (χ3n) is 4.72. The second-order valence-corrected chi connectivity index (χ2v) is 6.62. The summed E-state index contributed by atoms with van der Waals surface area (Å²) in [7, 11) is 3.39. The minimum absolute atomic E-state index is 0.577. The summed E-state index contributed by atoms with van der Waals surface area (Å²) in [5.74, 6) is 2.10. The Labute approximate surface area is 172 Å². The fraction of sp³-hybridized carbons (Fsp3) is 0.409. The summed E-state index contributed by atoms with van der Waals surface area (Å²) >= 11 is 0. The van der Waals surface area contributed by atoms with Crippen LogP contribution in [0, 0.1) is 0 Å². The molecule has 1 fully saturated rings. The largest absolute Gasteiger partial charge is 0.493 e. The molecule has 1 aliphatic rings. The zero-order valence-electron chi connectivity index (χ0n) is 17.4. The average molecular weight is 399 g/mol. The van der Waals surface area contributed by atoms with Gasteiger partial charge in [0.15, 0.2) is 17.5 Å². The van der Waals surface area contributed by atoms with Crippen molar-refractivity contribution >= 4 is 17.3 Å². The normalized spacial score (nSPS) is 14.4. The highest BCUT2D eigenvalue weighted by Gasteiger charge is 2.11. The fourth-order valence-corrected chi connectivity index (χ4v) is 3.17. The van der Waals surface area contributed by atoms with Gasteiger partial charge in [0.25, 0.3) is 0 Å². The third-order valence-corrected chi connectivity index (χ3v) is 4.72. The van der Waals surface area contributed by atoms with Crippen LogP contribution in [0.3, 0.4) is 0 Å². The van der Waals surface area contributed by atoms with Crippen LogP contribution in [0.5, 0.6) is 11.5 Å². The maximum absolute atomic E-state index is 5.64. The van der Waals surface area contributed by atoms with Crippen molar-refractivity contribution in [2.45, 2.75) is 13.5 Å². The lowest BCUT2D eigenvalue weighted by Crippen LogP contribution is -2.36. The average Bonchev–Trinajstić information content (AvgIpc) is 2.78. The molecule has 2 N–H and O–H groups in total. The van der Waals surface area contributed by atoms with Crippen LogP contribution in [-0.2, 0) is 11.3 Å². The van der Waals surface area contributed by atoms with Gasteiger partial charge in [0, 0.05) is 44.1 Å². The number of methoxy groups -OCH3 is 1. The molecule has 0 amide bonds. The van der Waals surface area contributed by atoms with Crippen LogP contribution in [0.15, 0.2) is 47.5 Å². The number of aliphatic imine (C=N–C) groups is 1. The molecule has 2 aromatic carbocycles. The third kappa shape index (κ3) is 5.77. The second-order valence-electron chi connectivity index (χ2n) is 6.62. The molecule has 156 valence electrons. The summed E-state index contributed by atoms with van der Waals surface area (Å²) < 4.78 is 16.4. The predicted molar refractivity (Wildman–Crippen MR) is 117 cm³/mol. The first-order valence-electron chi connectivity index (χ1n) is 9.93. The number of nitrogens with zero attached hydrogens (tertiary/aromatic N) is 2.